The Kier molecular flexibility index (Phi) is 8.10. The third-order valence-electron chi connectivity index (χ3n) is 3.73. The van der Waals surface area contributed by atoms with Gasteiger partial charge in [-0.1, -0.05) is 48.6 Å². The fraction of sp³-hybridized carbons (Fsp3) is 0.286. The molecule has 0 aliphatic rings. The van der Waals surface area contributed by atoms with E-state index in [1.807, 2.05) is 42.5 Å². The van der Waals surface area contributed by atoms with Crippen molar-refractivity contribution in [1.29, 1.82) is 0 Å². The molecule has 2 aromatic carbocycles. The maximum atomic E-state index is 10.9. The highest BCUT2D eigenvalue weighted by molar-refractivity contribution is 5.74. The molecule has 4 nitrogen and oxygen atoms in total. The molecule has 0 heterocycles. The summed E-state index contributed by atoms with van der Waals surface area (Å²) in [7, 11) is 0. The van der Waals surface area contributed by atoms with E-state index in [2.05, 4.69) is 24.0 Å². The Morgan fingerprint density at radius 2 is 1.76 bits per heavy atom. The van der Waals surface area contributed by atoms with E-state index < -0.39 is 0 Å². The molecule has 0 aliphatic heterocycles. The Balaban J connectivity index is 1.67. The standard InChI is InChI=1S/C21H23NO3/c23-21(22-24)12-6-1-3-8-18-13-15-19(16-14-18)9-7-17-25-20-10-4-2-5-11-20/h2,4-5,10-11,13-16,24H,1,3,6,8,12,17H2,(H,22,23). The van der Waals surface area contributed by atoms with Crippen molar-refractivity contribution < 1.29 is 14.7 Å². The van der Waals surface area contributed by atoms with E-state index in [0.717, 1.165) is 37.0 Å². The van der Waals surface area contributed by atoms with Crippen molar-refractivity contribution in [2.45, 2.75) is 32.1 Å². The summed E-state index contributed by atoms with van der Waals surface area (Å²) in [5.41, 5.74) is 3.88. The number of hydroxylamine groups is 1. The van der Waals surface area contributed by atoms with Crippen molar-refractivity contribution in [1.82, 2.24) is 5.48 Å². The maximum Gasteiger partial charge on any atom is 0.243 e. The van der Waals surface area contributed by atoms with Crippen LogP contribution in [0.1, 0.15) is 36.8 Å². The van der Waals surface area contributed by atoms with Crippen LogP contribution in [0.2, 0.25) is 0 Å². The normalized spacial score (nSPS) is 9.80. The van der Waals surface area contributed by atoms with Crippen molar-refractivity contribution in [3.8, 4) is 17.6 Å². The summed E-state index contributed by atoms with van der Waals surface area (Å²) < 4.78 is 5.53. The van der Waals surface area contributed by atoms with Gasteiger partial charge in [-0.15, -0.1) is 0 Å². The zero-order valence-corrected chi connectivity index (χ0v) is 14.2. The lowest BCUT2D eigenvalue weighted by Crippen LogP contribution is -2.17. The molecule has 0 aliphatic carbocycles. The summed E-state index contributed by atoms with van der Waals surface area (Å²) in [5.74, 6) is 6.61. The van der Waals surface area contributed by atoms with E-state index in [1.165, 1.54) is 5.56 Å². The van der Waals surface area contributed by atoms with Crippen LogP contribution in [-0.2, 0) is 11.2 Å². The molecule has 2 rings (SSSR count). The fourth-order valence-electron chi connectivity index (χ4n) is 2.38. The van der Waals surface area contributed by atoms with Gasteiger partial charge in [-0.25, -0.2) is 5.48 Å². The number of nitrogens with one attached hydrogen (secondary N) is 1. The van der Waals surface area contributed by atoms with Crippen molar-refractivity contribution >= 4 is 5.91 Å². The van der Waals surface area contributed by atoms with Gasteiger partial charge in [-0.05, 0) is 49.1 Å². The zero-order valence-electron chi connectivity index (χ0n) is 14.2. The summed E-state index contributed by atoms with van der Waals surface area (Å²) >= 11 is 0. The number of hydrogen-bond donors (Lipinski definition) is 2. The third-order valence-corrected chi connectivity index (χ3v) is 3.73. The summed E-state index contributed by atoms with van der Waals surface area (Å²) in [6.07, 6.45) is 4.12. The topological polar surface area (TPSA) is 58.6 Å². The number of ether oxygens (including phenoxy) is 1. The first-order valence-corrected chi connectivity index (χ1v) is 8.46. The minimum Gasteiger partial charge on any atom is -0.481 e. The monoisotopic (exact) mass is 337 g/mol. The van der Waals surface area contributed by atoms with Crippen molar-refractivity contribution in [3.63, 3.8) is 0 Å². The van der Waals surface area contributed by atoms with Gasteiger partial charge in [-0.3, -0.25) is 10.0 Å². The summed E-state index contributed by atoms with van der Waals surface area (Å²) in [6.45, 7) is 0.368. The minimum absolute atomic E-state index is 0.320. The van der Waals surface area contributed by atoms with Crippen LogP contribution in [0.5, 0.6) is 5.75 Å². The van der Waals surface area contributed by atoms with Crippen molar-refractivity contribution in [3.05, 3.63) is 65.7 Å². The van der Waals surface area contributed by atoms with Crippen LogP contribution in [0.4, 0.5) is 0 Å². The molecule has 0 bridgehead atoms. The van der Waals surface area contributed by atoms with Gasteiger partial charge in [0.15, 0.2) is 0 Å². The van der Waals surface area contributed by atoms with Crippen LogP contribution in [0, 0.1) is 11.8 Å². The molecule has 0 atom stereocenters. The van der Waals surface area contributed by atoms with Gasteiger partial charge in [0.25, 0.3) is 0 Å². The van der Waals surface area contributed by atoms with Gasteiger partial charge in [0.05, 0.1) is 0 Å². The Bertz CT molecular complexity index is 699. The number of para-hydroxylation sites is 1. The van der Waals surface area contributed by atoms with Gasteiger partial charge >= 0.3 is 0 Å². The Labute approximate surface area is 148 Å². The van der Waals surface area contributed by atoms with Crippen LogP contribution in [0.3, 0.4) is 0 Å². The van der Waals surface area contributed by atoms with E-state index in [9.17, 15) is 4.79 Å². The van der Waals surface area contributed by atoms with Crippen molar-refractivity contribution in [2.75, 3.05) is 6.61 Å². The van der Waals surface area contributed by atoms with Crippen LogP contribution < -0.4 is 10.2 Å². The lowest BCUT2D eigenvalue weighted by molar-refractivity contribution is -0.129. The molecular formula is C21H23NO3. The highest BCUT2D eigenvalue weighted by atomic mass is 16.5. The van der Waals surface area contributed by atoms with Crippen LogP contribution in [0.15, 0.2) is 54.6 Å². The average molecular weight is 337 g/mol. The quantitative estimate of drug-likeness (QED) is 0.334. The average Bonchev–Trinajstić information content (AvgIpc) is 2.66. The van der Waals surface area contributed by atoms with Gasteiger partial charge in [-0.2, -0.15) is 0 Å². The minimum atomic E-state index is -0.320. The number of carbonyl (C=O) groups is 1. The molecule has 0 aromatic heterocycles. The Hall–Kier alpha value is -2.77. The largest absolute Gasteiger partial charge is 0.481 e. The molecule has 0 saturated heterocycles. The van der Waals surface area contributed by atoms with Gasteiger partial charge in [0.2, 0.25) is 5.91 Å². The van der Waals surface area contributed by atoms with Crippen LogP contribution >= 0.6 is 0 Å². The number of amides is 1. The van der Waals surface area contributed by atoms with E-state index >= 15 is 0 Å². The molecule has 0 unspecified atom stereocenters. The Morgan fingerprint density at radius 3 is 2.48 bits per heavy atom. The molecule has 0 saturated carbocycles. The molecule has 0 radical (unpaired) electrons. The first-order valence-electron chi connectivity index (χ1n) is 8.46. The summed E-state index contributed by atoms with van der Waals surface area (Å²) in [6, 6.07) is 17.8. The number of rotatable bonds is 8. The smallest absolute Gasteiger partial charge is 0.243 e. The second-order valence-corrected chi connectivity index (χ2v) is 5.70. The SMILES string of the molecule is O=C(CCCCCc1ccc(C#CCOc2ccccc2)cc1)NO. The molecule has 0 fully saturated rings. The van der Waals surface area contributed by atoms with Crippen molar-refractivity contribution in [2.24, 2.45) is 0 Å². The summed E-state index contributed by atoms with van der Waals surface area (Å²) in [5, 5.41) is 8.41. The summed E-state index contributed by atoms with van der Waals surface area (Å²) in [4.78, 5) is 10.9. The van der Waals surface area contributed by atoms with Crippen LogP contribution in [0.25, 0.3) is 0 Å². The van der Waals surface area contributed by atoms with Gasteiger partial charge in [0.1, 0.15) is 12.4 Å². The zero-order chi connectivity index (χ0) is 17.7. The van der Waals surface area contributed by atoms with Gasteiger partial charge in [0, 0.05) is 12.0 Å². The maximum absolute atomic E-state index is 10.9. The fourth-order valence-corrected chi connectivity index (χ4v) is 2.38. The number of unbranched alkanes of at least 4 members (excludes halogenated alkanes) is 2. The third kappa shape index (κ3) is 7.56. The number of carbonyl (C=O) groups excluding carboxylic acids is 1. The van der Waals surface area contributed by atoms with E-state index in [0.29, 0.717) is 13.0 Å². The van der Waals surface area contributed by atoms with E-state index in [1.54, 1.807) is 5.48 Å². The van der Waals surface area contributed by atoms with E-state index in [4.69, 9.17) is 9.94 Å². The first kappa shape index (κ1) is 18.6. The molecule has 25 heavy (non-hydrogen) atoms. The highest BCUT2D eigenvalue weighted by Gasteiger charge is 1.99. The molecule has 2 aromatic rings. The lowest BCUT2D eigenvalue weighted by atomic mass is 10.0. The predicted octanol–water partition coefficient (Wildman–Crippen LogP) is 3.73. The Morgan fingerprint density at radius 1 is 1.00 bits per heavy atom. The molecule has 0 spiro atoms. The lowest BCUT2D eigenvalue weighted by Gasteiger charge is -2.02. The molecule has 4 heteroatoms. The van der Waals surface area contributed by atoms with Crippen LogP contribution in [-0.4, -0.2) is 17.7 Å². The van der Waals surface area contributed by atoms with Gasteiger partial charge < -0.3 is 4.74 Å². The highest BCUT2D eigenvalue weighted by Crippen LogP contribution is 2.10. The number of aryl methyl sites for hydroxylation is 1. The second-order valence-electron chi connectivity index (χ2n) is 5.70. The number of benzene rings is 2. The molecule has 1 amide bonds. The van der Waals surface area contributed by atoms with E-state index in [-0.39, 0.29) is 5.91 Å². The molecular weight excluding hydrogens is 314 g/mol. The molecule has 130 valence electrons. The number of hydrogen-bond acceptors (Lipinski definition) is 3. The molecule has 2 N–H and O–H groups in total. The second kappa shape index (κ2) is 10.9. The first-order chi connectivity index (χ1) is 12.3. The predicted molar refractivity (Wildman–Crippen MR) is 97.4 cm³/mol.